The molecule has 0 radical (unpaired) electrons. The first-order valence-corrected chi connectivity index (χ1v) is 8.52. The standard InChI is InChI=1S/C16H18N4O2S/c1-12(18-15(21)8-20-11-23-9-16(20)22)13-2-4-14(5-3-13)19-7-6-17-10-19/h2-7,10,12H,8-9,11H2,1H3,(H,18,21)/t12-/m0/s1. The molecule has 120 valence electrons. The van der Waals surface area contributed by atoms with Gasteiger partial charge in [0.1, 0.15) is 6.54 Å². The van der Waals surface area contributed by atoms with Gasteiger partial charge in [-0.3, -0.25) is 9.59 Å². The maximum atomic E-state index is 12.1. The first-order valence-electron chi connectivity index (χ1n) is 7.36. The van der Waals surface area contributed by atoms with Crippen molar-refractivity contribution in [3.63, 3.8) is 0 Å². The minimum atomic E-state index is -0.132. The fourth-order valence-corrected chi connectivity index (χ4v) is 3.34. The molecular formula is C16H18N4O2S. The number of hydrogen-bond acceptors (Lipinski definition) is 4. The van der Waals surface area contributed by atoms with E-state index in [4.69, 9.17) is 0 Å². The molecule has 1 atom stereocenters. The molecule has 0 aliphatic carbocycles. The lowest BCUT2D eigenvalue weighted by Crippen LogP contribution is -2.39. The summed E-state index contributed by atoms with van der Waals surface area (Å²) in [6, 6.07) is 7.83. The Bertz CT molecular complexity index is 685. The van der Waals surface area contributed by atoms with Gasteiger partial charge in [0.05, 0.1) is 24.0 Å². The Morgan fingerprint density at radius 2 is 2.17 bits per heavy atom. The van der Waals surface area contributed by atoms with Crippen molar-refractivity contribution in [3.05, 3.63) is 48.5 Å². The van der Waals surface area contributed by atoms with E-state index >= 15 is 0 Å². The number of nitrogens with one attached hydrogen (secondary N) is 1. The minimum Gasteiger partial charge on any atom is -0.348 e. The normalized spacial score (nSPS) is 15.7. The zero-order valence-electron chi connectivity index (χ0n) is 12.8. The molecule has 1 aromatic carbocycles. The topological polar surface area (TPSA) is 67.2 Å². The number of carbonyl (C=O) groups is 2. The fourth-order valence-electron chi connectivity index (χ4n) is 2.43. The second-order valence-corrected chi connectivity index (χ2v) is 6.38. The number of nitrogens with zero attached hydrogens (tertiary/aromatic N) is 3. The van der Waals surface area contributed by atoms with Crippen LogP contribution < -0.4 is 5.32 Å². The van der Waals surface area contributed by atoms with Gasteiger partial charge in [0.25, 0.3) is 0 Å². The highest BCUT2D eigenvalue weighted by Gasteiger charge is 2.23. The molecule has 2 heterocycles. The summed E-state index contributed by atoms with van der Waals surface area (Å²) in [5.74, 6) is 0.966. The smallest absolute Gasteiger partial charge is 0.240 e. The summed E-state index contributed by atoms with van der Waals surface area (Å²) in [7, 11) is 0. The van der Waals surface area contributed by atoms with Crippen LogP contribution in [-0.4, -0.2) is 44.4 Å². The SMILES string of the molecule is C[C@H](NC(=O)CN1CSCC1=O)c1ccc(-n2ccnc2)cc1. The van der Waals surface area contributed by atoms with E-state index in [0.717, 1.165) is 11.3 Å². The van der Waals surface area contributed by atoms with E-state index in [9.17, 15) is 9.59 Å². The van der Waals surface area contributed by atoms with Gasteiger partial charge in [0.15, 0.2) is 0 Å². The van der Waals surface area contributed by atoms with Gasteiger partial charge in [0, 0.05) is 18.1 Å². The van der Waals surface area contributed by atoms with Gasteiger partial charge < -0.3 is 14.8 Å². The molecule has 7 heteroatoms. The van der Waals surface area contributed by atoms with Crippen LogP contribution in [-0.2, 0) is 9.59 Å². The second kappa shape index (κ2) is 6.87. The predicted octanol–water partition coefficient (Wildman–Crippen LogP) is 1.58. The molecule has 1 N–H and O–H groups in total. The quantitative estimate of drug-likeness (QED) is 0.904. The molecule has 1 saturated heterocycles. The summed E-state index contributed by atoms with van der Waals surface area (Å²) in [4.78, 5) is 29.2. The zero-order chi connectivity index (χ0) is 16.2. The number of imidazole rings is 1. The third-order valence-corrected chi connectivity index (χ3v) is 4.68. The summed E-state index contributed by atoms with van der Waals surface area (Å²) >= 11 is 1.54. The van der Waals surface area contributed by atoms with Gasteiger partial charge >= 0.3 is 0 Å². The van der Waals surface area contributed by atoms with Gasteiger partial charge in [-0.2, -0.15) is 0 Å². The number of hydrogen-bond donors (Lipinski definition) is 1. The van der Waals surface area contributed by atoms with Crippen molar-refractivity contribution >= 4 is 23.6 Å². The highest BCUT2D eigenvalue weighted by Crippen LogP contribution is 2.17. The Hall–Kier alpha value is -2.28. The maximum Gasteiger partial charge on any atom is 0.240 e. The average molecular weight is 330 g/mol. The van der Waals surface area contributed by atoms with Crippen molar-refractivity contribution in [1.82, 2.24) is 19.8 Å². The average Bonchev–Trinajstić information content (AvgIpc) is 3.20. The molecule has 6 nitrogen and oxygen atoms in total. The van der Waals surface area contributed by atoms with Crippen LogP contribution in [0, 0.1) is 0 Å². The van der Waals surface area contributed by atoms with E-state index in [1.54, 1.807) is 17.4 Å². The number of aromatic nitrogens is 2. The van der Waals surface area contributed by atoms with Crippen LogP contribution in [0.15, 0.2) is 43.0 Å². The fraction of sp³-hybridized carbons (Fsp3) is 0.312. The Morgan fingerprint density at radius 1 is 1.39 bits per heavy atom. The summed E-state index contributed by atoms with van der Waals surface area (Å²) in [5, 5.41) is 2.94. The molecule has 3 rings (SSSR count). The number of benzene rings is 1. The van der Waals surface area contributed by atoms with E-state index < -0.39 is 0 Å². The van der Waals surface area contributed by atoms with E-state index in [1.807, 2.05) is 42.0 Å². The summed E-state index contributed by atoms with van der Waals surface area (Å²) in [6.45, 7) is 2.06. The first-order chi connectivity index (χ1) is 11.1. The largest absolute Gasteiger partial charge is 0.348 e. The molecule has 1 fully saturated rings. The molecular weight excluding hydrogens is 312 g/mol. The monoisotopic (exact) mass is 330 g/mol. The third kappa shape index (κ3) is 3.73. The molecule has 23 heavy (non-hydrogen) atoms. The highest BCUT2D eigenvalue weighted by molar-refractivity contribution is 8.00. The number of amides is 2. The second-order valence-electron chi connectivity index (χ2n) is 5.42. The van der Waals surface area contributed by atoms with Crippen LogP contribution in [0.25, 0.3) is 5.69 Å². The maximum absolute atomic E-state index is 12.1. The first kappa shape index (κ1) is 15.6. The molecule has 1 aliphatic rings. The van der Waals surface area contributed by atoms with Gasteiger partial charge in [-0.05, 0) is 24.6 Å². The highest BCUT2D eigenvalue weighted by atomic mass is 32.2. The molecule has 0 bridgehead atoms. The van der Waals surface area contributed by atoms with E-state index in [2.05, 4.69) is 10.3 Å². The van der Waals surface area contributed by atoms with Crippen LogP contribution in [0.1, 0.15) is 18.5 Å². The Kier molecular flexibility index (Phi) is 4.66. The molecule has 1 aliphatic heterocycles. The molecule has 0 spiro atoms. The molecule has 0 saturated carbocycles. The van der Waals surface area contributed by atoms with Gasteiger partial charge in [0.2, 0.25) is 11.8 Å². The van der Waals surface area contributed by atoms with Crippen LogP contribution in [0.3, 0.4) is 0 Å². The zero-order valence-corrected chi connectivity index (χ0v) is 13.6. The number of rotatable bonds is 5. The van der Waals surface area contributed by atoms with Crippen LogP contribution >= 0.6 is 11.8 Å². The van der Waals surface area contributed by atoms with E-state index in [-0.39, 0.29) is 24.4 Å². The number of carbonyl (C=O) groups excluding carboxylic acids is 2. The Morgan fingerprint density at radius 3 is 2.78 bits per heavy atom. The molecule has 2 aromatic rings. The van der Waals surface area contributed by atoms with Crippen molar-refractivity contribution in [2.75, 3.05) is 18.2 Å². The predicted molar refractivity (Wildman–Crippen MR) is 89.2 cm³/mol. The van der Waals surface area contributed by atoms with E-state index in [1.165, 1.54) is 11.8 Å². The van der Waals surface area contributed by atoms with Crippen molar-refractivity contribution in [2.24, 2.45) is 0 Å². The lowest BCUT2D eigenvalue weighted by molar-refractivity contribution is -0.132. The van der Waals surface area contributed by atoms with E-state index in [0.29, 0.717) is 11.6 Å². The number of thioether (sulfide) groups is 1. The van der Waals surface area contributed by atoms with Crippen molar-refractivity contribution in [2.45, 2.75) is 13.0 Å². The summed E-state index contributed by atoms with van der Waals surface area (Å²) < 4.78 is 1.92. The lowest BCUT2D eigenvalue weighted by atomic mass is 10.1. The lowest BCUT2D eigenvalue weighted by Gasteiger charge is -2.18. The van der Waals surface area contributed by atoms with Crippen molar-refractivity contribution in [3.8, 4) is 5.69 Å². The van der Waals surface area contributed by atoms with Gasteiger partial charge in [-0.15, -0.1) is 11.8 Å². The molecule has 2 amide bonds. The molecule has 1 aromatic heterocycles. The Balaban J connectivity index is 1.58. The van der Waals surface area contributed by atoms with Gasteiger partial charge in [-0.25, -0.2) is 4.98 Å². The summed E-state index contributed by atoms with van der Waals surface area (Å²) in [6.07, 6.45) is 5.35. The van der Waals surface area contributed by atoms with Gasteiger partial charge in [-0.1, -0.05) is 12.1 Å². The molecule has 0 unspecified atom stereocenters. The minimum absolute atomic E-state index is 0.0301. The van der Waals surface area contributed by atoms with Crippen LogP contribution in [0.4, 0.5) is 0 Å². The van der Waals surface area contributed by atoms with Crippen LogP contribution in [0.5, 0.6) is 0 Å². The summed E-state index contributed by atoms with van der Waals surface area (Å²) in [5.41, 5.74) is 2.04. The van der Waals surface area contributed by atoms with Crippen molar-refractivity contribution in [1.29, 1.82) is 0 Å². The van der Waals surface area contributed by atoms with Crippen molar-refractivity contribution < 1.29 is 9.59 Å². The third-order valence-electron chi connectivity index (χ3n) is 3.73. The Labute approximate surface area is 138 Å². The van der Waals surface area contributed by atoms with Crippen LogP contribution in [0.2, 0.25) is 0 Å².